The molecule has 0 unspecified atom stereocenters. The maximum Gasteiger partial charge on any atom is 0.329 e. The van der Waals surface area contributed by atoms with E-state index in [9.17, 15) is 18.0 Å². The fourth-order valence-electron chi connectivity index (χ4n) is 2.71. The number of carboxylic acids is 1. The summed E-state index contributed by atoms with van der Waals surface area (Å²) in [6.45, 7) is 2.62. The Kier molecular flexibility index (Phi) is 5.11. The summed E-state index contributed by atoms with van der Waals surface area (Å²) in [5.41, 5.74) is -1.07. The number of sulfonamides is 1. The molecule has 1 heterocycles. The fraction of sp³-hybridized carbons (Fsp3) is 0.857. The molecule has 1 amide bonds. The van der Waals surface area contributed by atoms with E-state index in [1.165, 1.54) is 4.31 Å². The smallest absolute Gasteiger partial charge is 0.329 e. The molecule has 7 nitrogen and oxygen atoms in total. The highest BCUT2D eigenvalue weighted by atomic mass is 32.2. The predicted molar refractivity (Wildman–Crippen MR) is 80.7 cm³/mol. The van der Waals surface area contributed by atoms with Gasteiger partial charge in [-0.1, -0.05) is 13.3 Å². The number of carbonyl (C=O) groups excluding carboxylic acids is 1. The van der Waals surface area contributed by atoms with Gasteiger partial charge < -0.3 is 10.4 Å². The largest absolute Gasteiger partial charge is 0.480 e. The molecule has 0 aromatic rings. The van der Waals surface area contributed by atoms with E-state index in [1.54, 1.807) is 0 Å². The SMILES string of the molecule is CCCCS(=O)(=O)N1CCC(C(=O)NC2(C(=O)O)CC2)CC1. The lowest BCUT2D eigenvalue weighted by molar-refractivity contribution is -0.144. The first kappa shape index (κ1) is 17.2. The lowest BCUT2D eigenvalue weighted by Crippen LogP contribution is -2.49. The molecular weight excluding hydrogens is 308 g/mol. The van der Waals surface area contributed by atoms with Crippen LogP contribution in [-0.2, 0) is 19.6 Å². The van der Waals surface area contributed by atoms with Crippen LogP contribution in [0.5, 0.6) is 0 Å². The second-order valence-electron chi connectivity index (χ2n) is 6.22. The van der Waals surface area contributed by atoms with Gasteiger partial charge in [-0.25, -0.2) is 17.5 Å². The Morgan fingerprint density at radius 1 is 1.27 bits per heavy atom. The van der Waals surface area contributed by atoms with Crippen molar-refractivity contribution in [2.45, 2.75) is 51.0 Å². The minimum atomic E-state index is -3.22. The van der Waals surface area contributed by atoms with E-state index >= 15 is 0 Å². The average Bonchev–Trinajstić information content (AvgIpc) is 3.26. The van der Waals surface area contributed by atoms with Gasteiger partial charge in [-0.15, -0.1) is 0 Å². The Bertz CT molecular complexity index is 533. The molecule has 2 N–H and O–H groups in total. The van der Waals surface area contributed by atoms with E-state index in [1.807, 2.05) is 6.92 Å². The van der Waals surface area contributed by atoms with Crippen LogP contribution in [0, 0.1) is 5.92 Å². The number of hydrogen-bond acceptors (Lipinski definition) is 4. The standard InChI is InChI=1S/C14H24N2O5S/c1-2-3-10-22(20,21)16-8-4-11(5-9-16)12(17)15-14(6-7-14)13(18)19/h11H,2-10H2,1H3,(H,15,17)(H,18,19). The minimum Gasteiger partial charge on any atom is -0.480 e. The van der Waals surface area contributed by atoms with Crippen LogP contribution in [0.3, 0.4) is 0 Å². The highest BCUT2D eigenvalue weighted by Crippen LogP contribution is 2.36. The second-order valence-corrected chi connectivity index (χ2v) is 8.31. The van der Waals surface area contributed by atoms with Gasteiger partial charge >= 0.3 is 5.97 Å². The zero-order chi connectivity index (χ0) is 16.4. The maximum atomic E-state index is 12.1. The Hall–Kier alpha value is -1.15. The van der Waals surface area contributed by atoms with Gasteiger partial charge in [0.15, 0.2) is 0 Å². The van der Waals surface area contributed by atoms with Crippen LogP contribution >= 0.6 is 0 Å². The topological polar surface area (TPSA) is 104 Å². The van der Waals surface area contributed by atoms with Crippen LogP contribution in [0.1, 0.15) is 45.4 Å². The van der Waals surface area contributed by atoms with Gasteiger partial charge in [0.25, 0.3) is 0 Å². The number of amides is 1. The van der Waals surface area contributed by atoms with Crippen molar-refractivity contribution in [3.8, 4) is 0 Å². The van der Waals surface area contributed by atoms with Crippen LogP contribution in [0.15, 0.2) is 0 Å². The number of aliphatic carboxylic acids is 1. The van der Waals surface area contributed by atoms with Crippen LogP contribution in [0.2, 0.25) is 0 Å². The highest BCUT2D eigenvalue weighted by Gasteiger charge is 2.52. The molecule has 0 aromatic heterocycles. The van der Waals surface area contributed by atoms with Crippen LogP contribution in [0.25, 0.3) is 0 Å². The molecule has 0 aromatic carbocycles. The third-order valence-electron chi connectivity index (χ3n) is 4.50. The molecule has 0 spiro atoms. The Morgan fingerprint density at radius 2 is 1.86 bits per heavy atom. The molecule has 2 rings (SSSR count). The number of carbonyl (C=O) groups is 2. The van der Waals surface area contributed by atoms with Crippen LogP contribution < -0.4 is 5.32 Å². The number of unbranched alkanes of at least 4 members (excludes halogenated alkanes) is 1. The number of piperidine rings is 1. The van der Waals surface area contributed by atoms with Gasteiger partial charge in [-0.05, 0) is 32.1 Å². The predicted octanol–water partition coefficient (Wildman–Crippen LogP) is 0.562. The van der Waals surface area contributed by atoms with E-state index in [0.29, 0.717) is 45.2 Å². The molecule has 1 aliphatic carbocycles. The Balaban J connectivity index is 1.84. The average molecular weight is 332 g/mol. The third kappa shape index (κ3) is 3.78. The van der Waals surface area contributed by atoms with Gasteiger partial charge in [0.05, 0.1) is 5.75 Å². The van der Waals surface area contributed by atoms with Crippen molar-refractivity contribution >= 4 is 21.9 Å². The van der Waals surface area contributed by atoms with E-state index in [0.717, 1.165) is 6.42 Å². The van der Waals surface area contributed by atoms with Crippen LogP contribution in [0.4, 0.5) is 0 Å². The van der Waals surface area contributed by atoms with E-state index in [-0.39, 0.29) is 17.6 Å². The fourth-order valence-corrected chi connectivity index (χ4v) is 4.39. The molecule has 126 valence electrons. The Morgan fingerprint density at radius 3 is 2.32 bits per heavy atom. The molecule has 1 aliphatic heterocycles. The zero-order valence-electron chi connectivity index (χ0n) is 12.9. The third-order valence-corrected chi connectivity index (χ3v) is 6.45. The number of nitrogens with one attached hydrogen (secondary N) is 1. The van der Waals surface area contributed by atoms with Gasteiger partial charge in [0, 0.05) is 19.0 Å². The first-order valence-electron chi connectivity index (χ1n) is 7.84. The van der Waals surface area contributed by atoms with Gasteiger partial charge in [0.1, 0.15) is 5.54 Å². The molecule has 8 heteroatoms. The Labute approximate surface area is 131 Å². The highest BCUT2D eigenvalue weighted by molar-refractivity contribution is 7.89. The van der Waals surface area contributed by atoms with Gasteiger partial charge in [-0.3, -0.25) is 4.79 Å². The van der Waals surface area contributed by atoms with Gasteiger partial charge in [-0.2, -0.15) is 0 Å². The molecule has 0 bridgehead atoms. The lowest BCUT2D eigenvalue weighted by atomic mass is 9.96. The number of nitrogens with zero attached hydrogens (tertiary/aromatic N) is 1. The number of carboxylic acid groups (broad SMARTS) is 1. The molecule has 22 heavy (non-hydrogen) atoms. The molecule has 0 atom stereocenters. The van der Waals surface area contributed by atoms with Crippen molar-refractivity contribution in [1.82, 2.24) is 9.62 Å². The van der Waals surface area contributed by atoms with E-state index in [4.69, 9.17) is 5.11 Å². The normalized spacial score (nSPS) is 22.2. The first-order chi connectivity index (χ1) is 10.3. The second kappa shape index (κ2) is 6.54. The summed E-state index contributed by atoms with van der Waals surface area (Å²) in [4.78, 5) is 23.2. The molecule has 1 saturated heterocycles. The molecule has 1 saturated carbocycles. The number of rotatable bonds is 7. The summed E-state index contributed by atoms with van der Waals surface area (Å²) in [5.74, 6) is -1.39. The summed E-state index contributed by atoms with van der Waals surface area (Å²) >= 11 is 0. The summed E-state index contributed by atoms with van der Waals surface area (Å²) < 4.78 is 25.6. The van der Waals surface area contributed by atoms with Crippen LogP contribution in [-0.4, -0.2) is 54.1 Å². The lowest BCUT2D eigenvalue weighted by Gasteiger charge is -2.31. The molecular formula is C14H24N2O5S. The quantitative estimate of drug-likeness (QED) is 0.709. The molecule has 2 aliphatic rings. The summed E-state index contributed by atoms with van der Waals surface area (Å²) in [6, 6.07) is 0. The van der Waals surface area contributed by atoms with Crippen molar-refractivity contribution in [3.63, 3.8) is 0 Å². The van der Waals surface area contributed by atoms with Crippen molar-refractivity contribution in [1.29, 1.82) is 0 Å². The van der Waals surface area contributed by atoms with Crippen molar-refractivity contribution in [2.75, 3.05) is 18.8 Å². The van der Waals surface area contributed by atoms with Gasteiger partial charge in [0.2, 0.25) is 15.9 Å². The molecule has 0 radical (unpaired) electrons. The van der Waals surface area contributed by atoms with Crippen molar-refractivity contribution in [3.05, 3.63) is 0 Å². The first-order valence-corrected chi connectivity index (χ1v) is 9.45. The van der Waals surface area contributed by atoms with Crippen molar-refractivity contribution in [2.24, 2.45) is 5.92 Å². The zero-order valence-corrected chi connectivity index (χ0v) is 13.7. The van der Waals surface area contributed by atoms with Crippen molar-refractivity contribution < 1.29 is 23.1 Å². The number of hydrogen-bond donors (Lipinski definition) is 2. The monoisotopic (exact) mass is 332 g/mol. The van der Waals surface area contributed by atoms with E-state index < -0.39 is 21.5 Å². The minimum absolute atomic E-state index is 0.155. The summed E-state index contributed by atoms with van der Waals surface area (Å²) in [6.07, 6.45) is 3.32. The van der Waals surface area contributed by atoms with E-state index in [2.05, 4.69) is 5.32 Å². The molecule has 2 fully saturated rings. The maximum absolute atomic E-state index is 12.1. The summed E-state index contributed by atoms with van der Waals surface area (Å²) in [7, 11) is -3.22. The summed E-state index contributed by atoms with van der Waals surface area (Å²) in [5, 5.41) is 11.7.